The number of carbonyl (C=O) groups excluding carboxylic acids is 1. The Morgan fingerprint density at radius 2 is 1.75 bits per heavy atom. The fourth-order valence-electron chi connectivity index (χ4n) is 4.77. The second-order valence-electron chi connectivity index (χ2n) is 9.54. The maximum absolute atomic E-state index is 12.3. The number of benzene rings is 1. The monoisotopic (exact) mass is 445 g/mol. The lowest BCUT2D eigenvalue weighted by Gasteiger charge is -2.27. The molecule has 180 valence electrons. The molecule has 1 aromatic carbocycles. The van der Waals surface area contributed by atoms with E-state index >= 15 is 0 Å². The van der Waals surface area contributed by atoms with E-state index in [0.29, 0.717) is 18.8 Å². The molecule has 1 amide bonds. The van der Waals surface area contributed by atoms with E-state index in [1.54, 1.807) is 0 Å². The Balaban J connectivity index is 1.57. The lowest BCUT2D eigenvalue weighted by molar-refractivity contribution is -0.137. The van der Waals surface area contributed by atoms with Crippen molar-refractivity contribution >= 4 is 11.9 Å². The van der Waals surface area contributed by atoms with E-state index < -0.39 is 5.97 Å². The van der Waals surface area contributed by atoms with E-state index in [2.05, 4.69) is 37.3 Å². The predicted molar refractivity (Wildman–Crippen MR) is 128 cm³/mol. The molecule has 3 atom stereocenters. The Kier molecular flexibility index (Phi) is 12.4. The molecule has 0 radical (unpaired) electrons. The predicted octanol–water partition coefficient (Wildman–Crippen LogP) is 5.59. The van der Waals surface area contributed by atoms with E-state index in [4.69, 9.17) is 5.11 Å². The average Bonchev–Trinajstić information content (AvgIpc) is 3.13. The van der Waals surface area contributed by atoms with Gasteiger partial charge in [-0.3, -0.25) is 9.59 Å². The van der Waals surface area contributed by atoms with Gasteiger partial charge in [-0.25, -0.2) is 0 Å². The van der Waals surface area contributed by atoms with Gasteiger partial charge in [-0.2, -0.15) is 0 Å². The zero-order chi connectivity index (χ0) is 23.2. The van der Waals surface area contributed by atoms with Crippen molar-refractivity contribution in [2.75, 3.05) is 6.54 Å². The lowest BCUT2D eigenvalue weighted by atomic mass is 9.92. The van der Waals surface area contributed by atoms with Crippen LogP contribution in [0.4, 0.5) is 0 Å². The van der Waals surface area contributed by atoms with Crippen molar-refractivity contribution in [3.05, 3.63) is 35.9 Å². The second kappa shape index (κ2) is 15.0. The van der Waals surface area contributed by atoms with Gasteiger partial charge in [0.1, 0.15) is 0 Å². The summed E-state index contributed by atoms with van der Waals surface area (Å²) in [4.78, 5) is 24.8. The number of aliphatic hydroxyl groups excluding tert-OH is 1. The first kappa shape index (κ1) is 26.4. The van der Waals surface area contributed by atoms with Crippen LogP contribution in [0.5, 0.6) is 0 Å². The number of carboxylic acids is 1. The Morgan fingerprint density at radius 1 is 1.03 bits per heavy atom. The maximum Gasteiger partial charge on any atom is 0.303 e. The highest BCUT2D eigenvalue weighted by atomic mass is 16.4. The topological polar surface area (TPSA) is 77.8 Å². The van der Waals surface area contributed by atoms with Crippen LogP contribution in [0.25, 0.3) is 0 Å². The minimum Gasteiger partial charge on any atom is -0.481 e. The van der Waals surface area contributed by atoms with Gasteiger partial charge in [-0.1, -0.05) is 62.9 Å². The van der Waals surface area contributed by atoms with Crippen LogP contribution in [0.3, 0.4) is 0 Å². The number of hydrogen-bond donors (Lipinski definition) is 2. The van der Waals surface area contributed by atoms with Gasteiger partial charge >= 0.3 is 5.97 Å². The Bertz CT molecular complexity index is 663. The summed E-state index contributed by atoms with van der Waals surface area (Å²) in [6.07, 6.45) is 12.3. The molecule has 2 rings (SSSR count). The van der Waals surface area contributed by atoms with Crippen LogP contribution in [0.15, 0.2) is 30.3 Å². The van der Waals surface area contributed by atoms with Crippen molar-refractivity contribution in [2.45, 2.75) is 109 Å². The molecule has 0 spiro atoms. The van der Waals surface area contributed by atoms with Crippen LogP contribution in [-0.2, 0) is 16.0 Å². The minimum absolute atomic E-state index is 0.231. The average molecular weight is 446 g/mol. The van der Waals surface area contributed by atoms with Crippen molar-refractivity contribution in [1.29, 1.82) is 0 Å². The molecule has 0 aromatic heterocycles. The van der Waals surface area contributed by atoms with Gasteiger partial charge in [0.15, 0.2) is 0 Å². The quantitative estimate of drug-likeness (QED) is 0.306. The highest BCUT2D eigenvalue weighted by Crippen LogP contribution is 2.26. The highest BCUT2D eigenvalue weighted by molar-refractivity contribution is 5.78. The number of unbranched alkanes of at least 4 members (excludes halogenated alkanes) is 5. The Labute approximate surface area is 194 Å². The van der Waals surface area contributed by atoms with Crippen molar-refractivity contribution < 1.29 is 19.8 Å². The molecule has 1 heterocycles. The number of amides is 1. The van der Waals surface area contributed by atoms with Gasteiger partial charge in [0.05, 0.1) is 6.10 Å². The summed E-state index contributed by atoms with van der Waals surface area (Å²) in [5.74, 6) is -0.201. The van der Waals surface area contributed by atoms with Crippen molar-refractivity contribution in [1.82, 2.24) is 4.90 Å². The minimum atomic E-state index is -0.736. The molecule has 1 aromatic rings. The number of aliphatic hydroxyl groups is 1. The summed E-state index contributed by atoms with van der Waals surface area (Å²) in [6.45, 7) is 2.92. The fourth-order valence-corrected chi connectivity index (χ4v) is 4.77. The molecule has 1 aliphatic rings. The van der Waals surface area contributed by atoms with Crippen LogP contribution < -0.4 is 0 Å². The molecule has 32 heavy (non-hydrogen) atoms. The van der Waals surface area contributed by atoms with Gasteiger partial charge in [0, 0.05) is 25.4 Å². The molecular weight excluding hydrogens is 402 g/mol. The van der Waals surface area contributed by atoms with Crippen molar-refractivity contribution in [3.63, 3.8) is 0 Å². The zero-order valence-corrected chi connectivity index (χ0v) is 19.9. The van der Waals surface area contributed by atoms with Gasteiger partial charge in [0.25, 0.3) is 0 Å². The SMILES string of the molecule is C[C@H](CCCCCc1ccccc1)[C@H](O)CC[C@H]1CCC(=O)N1CCCCCCC(=O)O. The molecule has 5 heteroatoms. The van der Waals surface area contributed by atoms with Crippen molar-refractivity contribution in [2.24, 2.45) is 5.92 Å². The number of likely N-dealkylation sites (tertiary alicyclic amines) is 1. The van der Waals surface area contributed by atoms with E-state index in [1.165, 1.54) is 18.4 Å². The lowest BCUT2D eigenvalue weighted by Crippen LogP contribution is -2.35. The van der Waals surface area contributed by atoms with Crippen LogP contribution >= 0.6 is 0 Å². The summed E-state index contributed by atoms with van der Waals surface area (Å²) in [5, 5.41) is 19.3. The van der Waals surface area contributed by atoms with Gasteiger partial charge < -0.3 is 15.1 Å². The summed E-state index contributed by atoms with van der Waals surface area (Å²) >= 11 is 0. The molecular formula is C27H43NO4. The summed E-state index contributed by atoms with van der Waals surface area (Å²) < 4.78 is 0. The zero-order valence-electron chi connectivity index (χ0n) is 19.9. The summed E-state index contributed by atoms with van der Waals surface area (Å²) in [6, 6.07) is 10.9. The normalized spacial score (nSPS) is 18.1. The second-order valence-corrected chi connectivity index (χ2v) is 9.54. The molecule has 0 saturated carbocycles. The molecule has 0 bridgehead atoms. The summed E-state index contributed by atoms with van der Waals surface area (Å²) in [7, 11) is 0. The number of hydrogen-bond acceptors (Lipinski definition) is 3. The molecule has 1 fully saturated rings. The third kappa shape index (κ3) is 10.2. The third-order valence-electron chi connectivity index (χ3n) is 6.91. The van der Waals surface area contributed by atoms with E-state index in [-0.39, 0.29) is 24.5 Å². The maximum atomic E-state index is 12.3. The largest absolute Gasteiger partial charge is 0.481 e. The third-order valence-corrected chi connectivity index (χ3v) is 6.91. The van der Waals surface area contributed by atoms with E-state index in [9.17, 15) is 14.7 Å². The fraction of sp³-hybridized carbons (Fsp3) is 0.704. The molecule has 1 aliphatic heterocycles. The van der Waals surface area contributed by atoms with E-state index in [1.807, 2.05) is 4.90 Å². The number of nitrogens with zero attached hydrogens (tertiary/aromatic N) is 1. The molecule has 5 nitrogen and oxygen atoms in total. The van der Waals surface area contributed by atoms with E-state index in [0.717, 1.165) is 64.3 Å². The van der Waals surface area contributed by atoms with Crippen LogP contribution in [0.1, 0.15) is 96.0 Å². The standard InChI is InChI=1S/C27H43NO4/c1-22(12-6-4-7-13-23-14-8-5-9-15-23)25(29)19-17-24-18-20-26(30)28(24)21-11-3-2-10-16-27(31)32/h5,8-9,14-15,22,24-25,29H,2-4,6-7,10-13,16-21H2,1H3,(H,31,32)/t22-,24+,25-/m1/s1. The molecule has 1 saturated heterocycles. The number of aryl methyl sites for hydroxylation is 1. The first-order valence-corrected chi connectivity index (χ1v) is 12.7. The molecule has 0 unspecified atom stereocenters. The molecule has 2 N–H and O–H groups in total. The van der Waals surface area contributed by atoms with Gasteiger partial charge in [-0.15, -0.1) is 0 Å². The number of carboxylic acid groups (broad SMARTS) is 1. The number of aliphatic carboxylic acids is 1. The first-order chi connectivity index (χ1) is 15.5. The number of rotatable bonds is 17. The first-order valence-electron chi connectivity index (χ1n) is 12.7. The van der Waals surface area contributed by atoms with Crippen LogP contribution in [0.2, 0.25) is 0 Å². The highest BCUT2D eigenvalue weighted by Gasteiger charge is 2.30. The summed E-state index contributed by atoms with van der Waals surface area (Å²) in [5.41, 5.74) is 1.40. The Hall–Kier alpha value is -1.88. The van der Waals surface area contributed by atoms with Gasteiger partial charge in [-0.05, 0) is 62.8 Å². The smallest absolute Gasteiger partial charge is 0.303 e. The van der Waals surface area contributed by atoms with Crippen LogP contribution in [0, 0.1) is 5.92 Å². The van der Waals surface area contributed by atoms with Gasteiger partial charge in [0.2, 0.25) is 5.91 Å². The number of carbonyl (C=O) groups is 2. The molecule has 0 aliphatic carbocycles. The van der Waals surface area contributed by atoms with Crippen LogP contribution in [-0.4, -0.2) is 45.7 Å². The Morgan fingerprint density at radius 3 is 2.50 bits per heavy atom. The van der Waals surface area contributed by atoms with Crippen molar-refractivity contribution in [3.8, 4) is 0 Å².